The Morgan fingerprint density at radius 1 is 1.25 bits per heavy atom. The van der Waals surface area contributed by atoms with Crippen molar-refractivity contribution in [2.24, 2.45) is 0 Å². The molecule has 0 aromatic heterocycles. The number of carbonyl (C=O) groups excluding carboxylic acids is 1. The molecule has 0 radical (unpaired) electrons. The highest BCUT2D eigenvalue weighted by Crippen LogP contribution is 2.31. The largest absolute Gasteiger partial charge is 0.479 e. The number of alkyl halides is 3. The van der Waals surface area contributed by atoms with E-state index in [0.29, 0.717) is 26.3 Å². The molecule has 1 fully saturated rings. The smallest absolute Gasteiger partial charge is 0.422 e. The van der Waals surface area contributed by atoms with Gasteiger partial charge in [0.15, 0.2) is 0 Å². The number of rotatable bonds is 2. The molecule has 1 heterocycles. The van der Waals surface area contributed by atoms with Crippen molar-refractivity contribution in [1.29, 1.82) is 0 Å². The molecule has 0 aromatic rings. The van der Waals surface area contributed by atoms with Crippen LogP contribution in [0.5, 0.6) is 0 Å². The van der Waals surface area contributed by atoms with Crippen LogP contribution in [0.15, 0.2) is 0 Å². The first-order valence-electron chi connectivity index (χ1n) is 6.48. The molecule has 5 nitrogen and oxygen atoms in total. The molecule has 0 saturated carbocycles. The minimum absolute atomic E-state index is 0.205. The van der Waals surface area contributed by atoms with E-state index in [2.05, 4.69) is 0 Å². The number of hydrogen-bond donors (Lipinski definition) is 2. The summed E-state index contributed by atoms with van der Waals surface area (Å²) in [7, 11) is 0. The van der Waals surface area contributed by atoms with Crippen molar-refractivity contribution < 1.29 is 27.9 Å². The van der Waals surface area contributed by atoms with E-state index in [1.165, 1.54) is 4.90 Å². The zero-order valence-electron chi connectivity index (χ0n) is 11.5. The number of halogens is 3. The Balaban J connectivity index is 2.88. The molecule has 1 aliphatic rings. The first-order valence-corrected chi connectivity index (χ1v) is 6.48. The molecular weight excluding hydrogens is 277 g/mol. The predicted octanol–water partition coefficient (Wildman–Crippen LogP) is 2.37. The van der Waals surface area contributed by atoms with E-state index >= 15 is 0 Å². The molecule has 1 rings (SSSR count). The second-order valence-corrected chi connectivity index (χ2v) is 5.25. The lowest BCUT2D eigenvalue weighted by atomic mass is 10.0. The Labute approximate surface area is 115 Å². The number of likely N-dealkylation sites (tertiary alicyclic amines) is 1. The highest BCUT2D eigenvalue weighted by molar-refractivity contribution is 5.86. The van der Waals surface area contributed by atoms with Crippen LogP contribution in [-0.2, 0) is 4.79 Å². The van der Waals surface area contributed by atoms with Crippen molar-refractivity contribution >= 4 is 12.0 Å². The molecule has 2 N–H and O–H groups in total. The van der Waals surface area contributed by atoms with E-state index in [-0.39, 0.29) is 6.04 Å². The third kappa shape index (κ3) is 3.34. The molecule has 2 amide bonds. The van der Waals surface area contributed by atoms with E-state index in [1.54, 1.807) is 12.2 Å². The third-order valence-corrected chi connectivity index (χ3v) is 3.67. The topological polar surface area (TPSA) is 69.6 Å². The van der Waals surface area contributed by atoms with Gasteiger partial charge in [-0.25, -0.2) is 9.59 Å². The number of hydrogen-bond acceptors (Lipinski definition) is 2. The summed E-state index contributed by atoms with van der Waals surface area (Å²) in [5.74, 6) is -2.12. The summed E-state index contributed by atoms with van der Waals surface area (Å²) in [6.45, 7) is 2.53. The van der Waals surface area contributed by atoms with Crippen LogP contribution in [0.1, 0.15) is 39.5 Å². The van der Waals surface area contributed by atoms with Crippen LogP contribution < -0.4 is 5.32 Å². The van der Waals surface area contributed by atoms with Gasteiger partial charge in [0.1, 0.15) is 0 Å². The minimum atomic E-state index is -5.07. The van der Waals surface area contributed by atoms with Gasteiger partial charge in [0.2, 0.25) is 5.54 Å². The Morgan fingerprint density at radius 3 is 2.35 bits per heavy atom. The summed E-state index contributed by atoms with van der Waals surface area (Å²) in [5, 5.41) is 10.4. The second-order valence-electron chi connectivity index (χ2n) is 5.25. The van der Waals surface area contributed by atoms with E-state index in [4.69, 9.17) is 5.11 Å². The fourth-order valence-corrected chi connectivity index (χ4v) is 2.11. The molecule has 116 valence electrons. The van der Waals surface area contributed by atoms with Gasteiger partial charge in [-0.15, -0.1) is 0 Å². The summed E-state index contributed by atoms with van der Waals surface area (Å²) in [6, 6.07) is -1.19. The maximum absolute atomic E-state index is 12.8. The molecule has 8 heteroatoms. The summed E-state index contributed by atoms with van der Waals surface area (Å²) in [4.78, 5) is 24.1. The SMILES string of the molecule is CC1CCCCCN1C(=O)NC(C)(C(=O)O)C(F)(F)F. The average molecular weight is 296 g/mol. The number of nitrogens with one attached hydrogen (secondary N) is 1. The van der Waals surface area contributed by atoms with Gasteiger partial charge >= 0.3 is 18.2 Å². The summed E-state index contributed by atoms with van der Waals surface area (Å²) >= 11 is 0. The first kappa shape index (κ1) is 16.6. The zero-order chi connectivity index (χ0) is 15.6. The number of aliphatic carboxylic acids is 1. The number of amides is 2. The molecule has 0 spiro atoms. The lowest BCUT2D eigenvalue weighted by Crippen LogP contribution is -2.64. The molecule has 1 aliphatic heterocycles. The van der Waals surface area contributed by atoms with Gasteiger partial charge in [0.05, 0.1) is 0 Å². The Kier molecular flexibility index (Phi) is 4.88. The van der Waals surface area contributed by atoms with E-state index in [9.17, 15) is 22.8 Å². The van der Waals surface area contributed by atoms with Crippen molar-refractivity contribution in [1.82, 2.24) is 10.2 Å². The molecule has 2 atom stereocenters. The molecular formula is C12H19F3N2O3. The monoisotopic (exact) mass is 296 g/mol. The first-order chi connectivity index (χ1) is 9.09. The summed E-state index contributed by atoms with van der Waals surface area (Å²) in [6.07, 6.45) is -1.86. The fourth-order valence-electron chi connectivity index (χ4n) is 2.11. The van der Waals surface area contributed by atoms with Gasteiger partial charge < -0.3 is 15.3 Å². The summed E-state index contributed by atoms with van der Waals surface area (Å²) in [5.41, 5.74) is -3.28. The van der Waals surface area contributed by atoms with Gasteiger partial charge in [-0.2, -0.15) is 13.2 Å². The van der Waals surface area contributed by atoms with Crippen molar-refractivity contribution in [3.05, 3.63) is 0 Å². The standard InChI is InChI=1S/C12H19F3N2O3/c1-8-6-4-3-5-7-17(8)10(20)16-11(2,9(18)19)12(13,14)15/h8H,3-7H2,1-2H3,(H,16,20)(H,18,19). The fraction of sp³-hybridized carbons (Fsp3) is 0.833. The van der Waals surface area contributed by atoms with E-state index < -0.39 is 23.7 Å². The van der Waals surface area contributed by atoms with E-state index in [1.807, 2.05) is 0 Å². The Bertz CT molecular complexity index is 387. The molecule has 0 aliphatic carbocycles. The highest BCUT2D eigenvalue weighted by Gasteiger charge is 2.59. The quantitative estimate of drug-likeness (QED) is 0.822. The Hall–Kier alpha value is -1.47. The number of carboxylic acid groups (broad SMARTS) is 1. The van der Waals surface area contributed by atoms with Crippen LogP contribution in [0.25, 0.3) is 0 Å². The molecule has 1 saturated heterocycles. The lowest BCUT2D eigenvalue weighted by Gasteiger charge is -2.34. The van der Waals surface area contributed by atoms with Gasteiger partial charge in [-0.1, -0.05) is 12.8 Å². The summed E-state index contributed by atoms with van der Waals surface area (Å²) < 4.78 is 38.5. The van der Waals surface area contributed by atoms with Crippen LogP contribution in [0.3, 0.4) is 0 Å². The highest BCUT2D eigenvalue weighted by atomic mass is 19.4. The molecule has 0 bridgehead atoms. The number of urea groups is 1. The van der Waals surface area contributed by atoms with Crippen LogP contribution >= 0.6 is 0 Å². The van der Waals surface area contributed by atoms with Crippen molar-refractivity contribution in [3.8, 4) is 0 Å². The van der Waals surface area contributed by atoms with Crippen molar-refractivity contribution in [2.75, 3.05) is 6.54 Å². The number of carboxylic acids is 1. The molecule has 2 unspecified atom stereocenters. The van der Waals surface area contributed by atoms with Crippen molar-refractivity contribution in [3.63, 3.8) is 0 Å². The van der Waals surface area contributed by atoms with Gasteiger partial charge in [-0.05, 0) is 26.7 Å². The van der Waals surface area contributed by atoms with Crippen LogP contribution in [0.4, 0.5) is 18.0 Å². The average Bonchev–Trinajstić information content (AvgIpc) is 2.51. The molecule has 0 aromatic carbocycles. The maximum atomic E-state index is 12.8. The number of nitrogens with zero attached hydrogens (tertiary/aromatic N) is 1. The van der Waals surface area contributed by atoms with Gasteiger partial charge in [-0.3, -0.25) is 0 Å². The number of carbonyl (C=O) groups is 2. The second kappa shape index (κ2) is 5.88. The normalized spacial score (nSPS) is 23.6. The maximum Gasteiger partial charge on any atom is 0.422 e. The van der Waals surface area contributed by atoms with Crippen LogP contribution in [-0.4, -0.2) is 46.3 Å². The lowest BCUT2D eigenvalue weighted by molar-refractivity contribution is -0.203. The van der Waals surface area contributed by atoms with Gasteiger partial charge in [0, 0.05) is 12.6 Å². The van der Waals surface area contributed by atoms with Crippen molar-refractivity contribution in [2.45, 2.75) is 57.3 Å². The molecule has 20 heavy (non-hydrogen) atoms. The van der Waals surface area contributed by atoms with Crippen LogP contribution in [0, 0.1) is 0 Å². The Morgan fingerprint density at radius 2 is 1.85 bits per heavy atom. The minimum Gasteiger partial charge on any atom is -0.479 e. The predicted molar refractivity (Wildman–Crippen MR) is 65.3 cm³/mol. The zero-order valence-corrected chi connectivity index (χ0v) is 11.5. The van der Waals surface area contributed by atoms with E-state index in [0.717, 1.165) is 12.8 Å². The van der Waals surface area contributed by atoms with Crippen LogP contribution in [0.2, 0.25) is 0 Å². The van der Waals surface area contributed by atoms with Gasteiger partial charge in [0.25, 0.3) is 0 Å². The third-order valence-electron chi connectivity index (χ3n) is 3.67.